The van der Waals surface area contributed by atoms with E-state index < -0.39 is 0 Å². The van der Waals surface area contributed by atoms with E-state index in [1.807, 2.05) is 0 Å². The van der Waals surface area contributed by atoms with Gasteiger partial charge in [0.2, 0.25) is 0 Å². The number of furan rings is 1. The van der Waals surface area contributed by atoms with E-state index in [0.717, 1.165) is 50.1 Å². The van der Waals surface area contributed by atoms with Crippen molar-refractivity contribution in [2.45, 2.75) is 0 Å². The lowest BCUT2D eigenvalue weighted by atomic mass is 9.97. The summed E-state index contributed by atoms with van der Waals surface area (Å²) in [6.45, 7) is 0. The Balaban J connectivity index is 1.12. The minimum Gasteiger partial charge on any atom is -0.455 e. The Labute approximate surface area is 314 Å². The van der Waals surface area contributed by atoms with Crippen LogP contribution in [0, 0.1) is 0 Å². The molecule has 0 aliphatic rings. The van der Waals surface area contributed by atoms with Gasteiger partial charge in [0, 0.05) is 33.3 Å². The molecule has 0 spiro atoms. The van der Waals surface area contributed by atoms with Gasteiger partial charge in [0.25, 0.3) is 0 Å². The first kappa shape index (κ1) is 31.6. The number of nitrogens with zero attached hydrogens (tertiary/aromatic N) is 1. The Morgan fingerprint density at radius 3 is 1.54 bits per heavy atom. The van der Waals surface area contributed by atoms with Crippen LogP contribution in [0.1, 0.15) is 0 Å². The van der Waals surface area contributed by atoms with Crippen LogP contribution in [0.2, 0.25) is 0 Å². The second kappa shape index (κ2) is 13.4. The van der Waals surface area contributed by atoms with E-state index in [2.05, 4.69) is 217 Å². The van der Waals surface area contributed by atoms with Crippen LogP contribution in [-0.2, 0) is 0 Å². The van der Waals surface area contributed by atoms with Crippen LogP contribution in [-0.4, -0.2) is 0 Å². The predicted octanol–water partition coefficient (Wildman–Crippen LogP) is 14.9. The van der Waals surface area contributed by atoms with Crippen molar-refractivity contribution in [3.63, 3.8) is 0 Å². The topological polar surface area (TPSA) is 16.4 Å². The zero-order chi connectivity index (χ0) is 35.8. The summed E-state index contributed by atoms with van der Waals surface area (Å²) in [6, 6.07) is 75.7. The molecule has 0 unspecified atom stereocenters. The average molecular weight is 690 g/mol. The third-order valence-electron chi connectivity index (χ3n) is 10.5. The summed E-state index contributed by atoms with van der Waals surface area (Å²) in [5.41, 5.74) is 14.3. The quantitative estimate of drug-likeness (QED) is 0.166. The number of fused-ring (bicyclic) bond motifs is 5. The summed E-state index contributed by atoms with van der Waals surface area (Å²) < 4.78 is 6.74. The van der Waals surface area contributed by atoms with Crippen LogP contribution in [0.15, 0.2) is 217 Å². The molecule has 0 amide bonds. The lowest BCUT2D eigenvalue weighted by molar-refractivity contribution is 0.670. The van der Waals surface area contributed by atoms with E-state index in [-0.39, 0.29) is 0 Å². The fourth-order valence-corrected chi connectivity index (χ4v) is 7.85. The maximum atomic E-state index is 6.74. The molecule has 0 aliphatic carbocycles. The van der Waals surface area contributed by atoms with E-state index in [1.54, 1.807) is 0 Å². The van der Waals surface area contributed by atoms with E-state index in [0.29, 0.717) is 0 Å². The molecule has 54 heavy (non-hydrogen) atoms. The summed E-state index contributed by atoms with van der Waals surface area (Å²) in [4.78, 5) is 2.37. The highest BCUT2D eigenvalue weighted by Crippen LogP contribution is 2.45. The number of hydrogen-bond donors (Lipinski definition) is 0. The van der Waals surface area contributed by atoms with Gasteiger partial charge in [-0.15, -0.1) is 0 Å². The lowest BCUT2D eigenvalue weighted by Crippen LogP contribution is -2.11. The molecule has 10 rings (SSSR count). The molecule has 0 atom stereocenters. The Hall–Kier alpha value is -7.16. The van der Waals surface area contributed by atoms with Gasteiger partial charge in [-0.2, -0.15) is 0 Å². The Morgan fingerprint density at radius 2 is 0.833 bits per heavy atom. The highest BCUT2D eigenvalue weighted by molar-refractivity contribution is 6.21. The second-order valence-corrected chi connectivity index (χ2v) is 13.7. The first-order chi connectivity index (χ1) is 26.8. The van der Waals surface area contributed by atoms with Gasteiger partial charge >= 0.3 is 0 Å². The molecule has 0 fully saturated rings. The minimum absolute atomic E-state index is 0.893. The number of para-hydroxylation sites is 2. The Bertz CT molecular complexity index is 2910. The molecule has 254 valence electrons. The monoisotopic (exact) mass is 689 g/mol. The van der Waals surface area contributed by atoms with Crippen molar-refractivity contribution in [2.75, 3.05) is 4.90 Å². The second-order valence-electron chi connectivity index (χ2n) is 13.7. The van der Waals surface area contributed by atoms with Gasteiger partial charge in [-0.25, -0.2) is 0 Å². The summed E-state index contributed by atoms with van der Waals surface area (Å²) in [5, 5.41) is 4.69. The highest BCUT2D eigenvalue weighted by Gasteiger charge is 2.21. The van der Waals surface area contributed by atoms with Crippen molar-refractivity contribution in [3.8, 4) is 44.5 Å². The molecule has 0 saturated heterocycles. The molecular weight excluding hydrogens is 655 g/mol. The van der Waals surface area contributed by atoms with Gasteiger partial charge in [0.05, 0.1) is 5.69 Å². The molecule has 0 bridgehead atoms. The third-order valence-corrected chi connectivity index (χ3v) is 10.5. The van der Waals surface area contributed by atoms with Crippen molar-refractivity contribution in [3.05, 3.63) is 212 Å². The van der Waals surface area contributed by atoms with Crippen molar-refractivity contribution in [1.29, 1.82) is 0 Å². The van der Waals surface area contributed by atoms with E-state index in [1.165, 1.54) is 44.2 Å². The van der Waals surface area contributed by atoms with Crippen LogP contribution in [0.4, 0.5) is 17.1 Å². The molecule has 1 aromatic heterocycles. The van der Waals surface area contributed by atoms with Gasteiger partial charge in [-0.3, -0.25) is 0 Å². The number of benzene rings is 9. The fourth-order valence-electron chi connectivity index (χ4n) is 7.85. The van der Waals surface area contributed by atoms with Crippen LogP contribution in [0.25, 0.3) is 77.2 Å². The molecule has 10 aromatic rings. The van der Waals surface area contributed by atoms with Crippen LogP contribution in [0.5, 0.6) is 0 Å². The van der Waals surface area contributed by atoms with Gasteiger partial charge in [0.1, 0.15) is 11.2 Å². The van der Waals surface area contributed by atoms with Crippen LogP contribution < -0.4 is 4.90 Å². The number of rotatable bonds is 7. The molecule has 2 nitrogen and oxygen atoms in total. The molecule has 0 saturated carbocycles. The summed E-state index contributed by atoms with van der Waals surface area (Å²) in [7, 11) is 0. The molecule has 1 heterocycles. The smallest absolute Gasteiger partial charge is 0.143 e. The van der Waals surface area contributed by atoms with Gasteiger partial charge in [-0.05, 0) is 86.6 Å². The van der Waals surface area contributed by atoms with E-state index in [9.17, 15) is 0 Å². The zero-order valence-electron chi connectivity index (χ0n) is 29.6. The van der Waals surface area contributed by atoms with E-state index in [4.69, 9.17) is 4.42 Å². The first-order valence-electron chi connectivity index (χ1n) is 18.4. The highest BCUT2D eigenvalue weighted by atomic mass is 16.3. The minimum atomic E-state index is 0.893. The van der Waals surface area contributed by atoms with Crippen molar-refractivity contribution in [2.24, 2.45) is 0 Å². The molecular formula is C52H35NO. The van der Waals surface area contributed by atoms with Gasteiger partial charge in [0.15, 0.2) is 0 Å². The van der Waals surface area contributed by atoms with Gasteiger partial charge in [-0.1, -0.05) is 170 Å². The lowest BCUT2D eigenvalue weighted by Gasteiger charge is -2.28. The summed E-state index contributed by atoms with van der Waals surface area (Å²) in [5.74, 6) is 0. The molecule has 0 N–H and O–H groups in total. The average Bonchev–Trinajstić information content (AvgIpc) is 3.65. The van der Waals surface area contributed by atoms with Crippen molar-refractivity contribution >= 4 is 49.8 Å². The Kier molecular flexibility index (Phi) is 7.85. The van der Waals surface area contributed by atoms with E-state index >= 15 is 0 Å². The predicted molar refractivity (Wildman–Crippen MR) is 228 cm³/mol. The van der Waals surface area contributed by atoms with Gasteiger partial charge < -0.3 is 9.32 Å². The van der Waals surface area contributed by atoms with Crippen molar-refractivity contribution < 1.29 is 4.42 Å². The largest absolute Gasteiger partial charge is 0.455 e. The molecule has 0 aliphatic heterocycles. The standard InChI is InChI=1S/C52H35NO/c1-3-13-36(14-4-1)38-25-30-43(31-26-38)53(44-32-27-39(28-33-44)42-19-11-18-41(35-42)37-15-5-2-6-16-37)49-24-10-9-21-46(49)47-22-12-23-48-51-45-20-8-7-17-40(45)29-34-50(51)54-52(47)48/h1-35H. The Morgan fingerprint density at radius 1 is 0.333 bits per heavy atom. The zero-order valence-corrected chi connectivity index (χ0v) is 29.6. The normalized spacial score (nSPS) is 11.3. The maximum Gasteiger partial charge on any atom is 0.143 e. The molecule has 2 heteroatoms. The molecule has 9 aromatic carbocycles. The number of anilines is 3. The maximum absolute atomic E-state index is 6.74. The molecule has 0 radical (unpaired) electrons. The summed E-state index contributed by atoms with van der Waals surface area (Å²) >= 11 is 0. The first-order valence-corrected chi connectivity index (χ1v) is 18.4. The fraction of sp³-hybridized carbons (Fsp3) is 0. The summed E-state index contributed by atoms with van der Waals surface area (Å²) in [6.07, 6.45) is 0. The third kappa shape index (κ3) is 5.62. The van der Waals surface area contributed by atoms with Crippen LogP contribution >= 0.6 is 0 Å². The van der Waals surface area contributed by atoms with Crippen LogP contribution in [0.3, 0.4) is 0 Å². The van der Waals surface area contributed by atoms with Crippen molar-refractivity contribution in [1.82, 2.24) is 0 Å². The SMILES string of the molecule is c1ccc(-c2ccc(N(c3ccc(-c4cccc(-c5ccccc5)c4)cc3)c3ccccc3-c3cccc4c3oc3ccc5ccccc5c34)cc2)cc1. The number of hydrogen-bond acceptors (Lipinski definition) is 2.